The van der Waals surface area contributed by atoms with Crippen molar-refractivity contribution in [1.29, 1.82) is 0 Å². The summed E-state index contributed by atoms with van der Waals surface area (Å²) in [6.45, 7) is 10.2. The van der Waals surface area contributed by atoms with E-state index in [2.05, 4.69) is 35.5 Å². The van der Waals surface area contributed by atoms with Crippen molar-refractivity contribution >= 4 is 17.8 Å². The van der Waals surface area contributed by atoms with Crippen LogP contribution in [0.3, 0.4) is 0 Å². The second kappa shape index (κ2) is 11.4. The summed E-state index contributed by atoms with van der Waals surface area (Å²) in [5.74, 6) is 1.34. The zero-order chi connectivity index (χ0) is 21.2. The fourth-order valence-corrected chi connectivity index (χ4v) is 3.04. The molecule has 1 saturated heterocycles. The van der Waals surface area contributed by atoms with Gasteiger partial charge in [0.05, 0.1) is 12.6 Å². The van der Waals surface area contributed by atoms with Crippen LogP contribution in [0.25, 0.3) is 0 Å². The Balaban J connectivity index is 1.99. The van der Waals surface area contributed by atoms with Gasteiger partial charge in [-0.1, -0.05) is 19.1 Å². The zero-order valence-electron chi connectivity index (χ0n) is 18.1. The normalized spacial score (nSPS) is 16.0. The SMILES string of the molecule is CCNC(=NCc1ccc(C)cc1OC(C)CC)NCCN1C(=O)CCCC1=O. The number of aliphatic imine (C=N–C) groups is 1. The number of aryl methyl sites for hydroxylation is 1. The van der Waals surface area contributed by atoms with E-state index in [1.807, 2.05) is 26.0 Å². The molecular formula is C22H34N4O3. The molecule has 1 atom stereocenters. The van der Waals surface area contributed by atoms with Gasteiger partial charge in [-0.15, -0.1) is 0 Å². The van der Waals surface area contributed by atoms with Gasteiger partial charge in [-0.3, -0.25) is 14.5 Å². The predicted octanol–water partition coefficient (Wildman–Crippen LogP) is 2.77. The van der Waals surface area contributed by atoms with Gasteiger partial charge in [-0.05, 0) is 45.2 Å². The molecule has 0 spiro atoms. The fraction of sp³-hybridized carbons (Fsp3) is 0.591. The molecule has 0 aliphatic carbocycles. The van der Waals surface area contributed by atoms with Gasteiger partial charge >= 0.3 is 0 Å². The first-order valence-corrected chi connectivity index (χ1v) is 10.6. The second-order valence-corrected chi connectivity index (χ2v) is 7.36. The van der Waals surface area contributed by atoms with Crippen molar-refractivity contribution < 1.29 is 14.3 Å². The van der Waals surface area contributed by atoms with Crippen molar-refractivity contribution in [2.75, 3.05) is 19.6 Å². The van der Waals surface area contributed by atoms with Crippen LogP contribution in [-0.4, -0.2) is 48.4 Å². The molecule has 160 valence electrons. The molecule has 2 N–H and O–H groups in total. The first kappa shape index (κ1) is 22.7. The number of ether oxygens (including phenoxy) is 1. The Bertz CT molecular complexity index is 717. The smallest absolute Gasteiger partial charge is 0.229 e. The van der Waals surface area contributed by atoms with E-state index in [9.17, 15) is 9.59 Å². The van der Waals surface area contributed by atoms with Crippen LogP contribution >= 0.6 is 0 Å². The highest BCUT2D eigenvalue weighted by Crippen LogP contribution is 2.23. The highest BCUT2D eigenvalue weighted by molar-refractivity contribution is 5.97. The quantitative estimate of drug-likeness (QED) is 0.377. The third-order valence-corrected chi connectivity index (χ3v) is 4.89. The van der Waals surface area contributed by atoms with E-state index in [4.69, 9.17) is 4.74 Å². The fourth-order valence-electron chi connectivity index (χ4n) is 3.04. The monoisotopic (exact) mass is 402 g/mol. The van der Waals surface area contributed by atoms with E-state index in [0.29, 0.717) is 44.9 Å². The number of nitrogens with zero attached hydrogens (tertiary/aromatic N) is 2. The summed E-state index contributed by atoms with van der Waals surface area (Å²) < 4.78 is 6.06. The lowest BCUT2D eigenvalue weighted by atomic mass is 10.1. The highest BCUT2D eigenvalue weighted by atomic mass is 16.5. The Labute approximate surface area is 173 Å². The molecule has 1 aliphatic heterocycles. The van der Waals surface area contributed by atoms with Crippen LogP contribution < -0.4 is 15.4 Å². The number of imide groups is 1. The maximum Gasteiger partial charge on any atom is 0.229 e. The molecule has 1 unspecified atom stereocenters. The number of hydrogen-bond acceptors (Lipinski definition) is 4. The minimum Gasteiger partial charge on any atom is -0.490 e. The molecule has 7 heteroatoms. The van der Waals surface area contributed by atoms with Gasteiger partial charge in [-0.2, -0.15) is 0 Å². The summed E-state index contributed by atoms with van der Waals surface area (Å²) in [6, 6.07) is 6.15. The molecule has 0 aromatic heterocycles. The second-order valence-electron chi connectivity index (χ2n) is 7.36. The van der Waals surface area contributed by atoms with Crippen LogP contribution in [0.2, 0.25) is 0 Å². The van der Waals surface area contributed by atoms with Crippen molar-refractivity contribution in [3.63, 3.8) is 0 Å². The van der Waals surface area contributed by atoms with Gasteiger partial charge in [0.15, 0.2) is 5.96 Å². The average Bonchev–Trinajstić information content (AvgIpc) is 2.69. The average molecular weight is 403 g/mol. The predicted molar refractivity (Wildman–Crippen MR) is 115 cm³/mol. The Morgan fingerprint density at radius 2 is 1.93 bits per heavy atom. The van der Waals surface area contributed by atoms with Gasteiger partial charge in [0.1, 0.15) is 5.75 Å². The zero-order valence-corrected chi connectivity index (χ0v) is 18.1. The summed E-state index contributed by atoms with van der Waals surface area (Å²) in [5.41, 5.74) is 2.17. The van der Waals surface area contributed by atoms with Crippen LogP contribution in [0.5, 0.6) is 5.75 Å². The van der Waals surface area contributed by atoms with Crippen molar-refractivity contribution in [2.24, 2.45) is 4.99 Å². The minimum absolute atomic E-state index is 0.0866. The van der Waals surface area contributed by atoms with Crippen molar-refractivity contribution in [2.45, 2.75) is 66.0 Å². The number of likely N-dealkylation sites (tertiary alicyclic amines) is 1. The van der Waals surface area contributed by atoms with E-state index in [1.54, 1.807) is 0 Å². The molecule has 1 aromatic rings. The number of carbonyl (C=O) groups excluding carboxylic acids is 2. The van der Waals surface area contributed by atoms with Crippen molar-refractivity contribution in [3.05, 3.63) is 29.3 Å². The topological polar surface area (TPSA) is 83.0 Å². The van der Waals surface area contributed by atoms with Crippen LogP contribution in [0.4, 0.5) is 0 Å². The summed E-state index contributed by atoms with van der Waals surface area (Å²) in [6.07, 6.45) is 2.64. The van der Waals surface area contributed by atoms with Gasteiger partial charge in [-0.25, -0.2) is 4.99 Å². The minimum atomic E-state index is -0.0866. The van der Waals surface area contributed by atoms with E-state index < -0.39 is 0 Å². The Kier molecular flexibility index (Phi) is 8.96. The molecule has 7 nitrogen and oxygen atoms in total. The van der Waals surface area contributed by atoms with Crippen LogP contribution in [0.1, 0.15) is 57.6 Å². The Morgan fingerprint density at radius 3 is 2.59 bits per heavy atom. The molecule has 0 saturated carbocycles. The maximum absolute atomic E-state index is 11.9. The molecule has 0 bridgehead atoms. The molecule has 1 fully saturated rings. The van der Waals surface area contributed by atoms with Crippen molar-refractivity contribution in [3.8, 4) is 5.75 Å². The van der Waals surface area contributed by atoms with E-state index in [-0.39, 0.29) is 17.9 Å². The molecule has 1 heterocycles. The number of amides is 2. The van der Waals surface area contributed by atoms with Gasteiger partial charge in [0.2, 0.25) is 11.8 Å². The first-order chi connectivity index (χ1) is 13.9. The summed E-state index contributed by atoms with van der Waals surface area (Å²) in [5, 5.41) is 6.42. The first-order valence-electron chi connectivity index (χ1n) is 10.6. The third-order valence-electron chi connectivity index (χ3n) is 4.89. The largest absolute Gasteiger partial charge is 0.490 e. The molecule has 1 aromatic carbocycles. The maximum atomic E-state index is 11.9. The third kappa shape index (κ3) is 7.07. The van der Waals surface area contributed by atoms with Crippen LogP contribution in [-0.2, 0) is 16.1 Å². The molecule has 29 heavy (non-hydrogen) atoms. The molecule has 2 rings (SSSR count). The lowest BCUT2D eigenvalue weighted by Gasteiger charge is -2.25. The number of hydrogen-bond donors (Lipinski definition) is 2. The standard InChI is InChI=1S/C22H34N4O3/c1-5-17(4)29-19-14-16(3)10-11-18(19)15-25-22(23-6-2)24-12-13-26-20(27)8-7-9-21(26)28/h10-11,14,17H,5-9,12-13,15H2,1-4H3,(H2,23,24,25). The number of benzene rings is 1. The van der Waals surface area contributed by atoms with E-state index in [0.717, 1.165) is 29.8 Å². The van der Waals surface area contributed by atoms with Crippen molar-refractivity contribution in [1.82, 2.24) is 15.5 Å². The molecule has 0 radical (unpaired) electrons. The number of carbonyl (C=O) groups is 2. The van der Waals surface area contributed by atoms with Gasteiger partial charge in [0.25, 0.3) is 0 Å². The summed E-state index contributed by atoms with van der Waals surface area (Å²) in [7, 11) is 0. The van der Waals surface area contributed by atoms with Crippen LogP contribution in [0.15, 0.2) is 23.2 Å². The Hall–Kier alpha value is -2.57. The van der Waals surface area contributed by atoms with Crippen LogP contribution in [0, 0.1) is 6.92 Å². The molecular weight excluding hydrogens is 368 g/mol. The van der Waals surface area contributed by atoms with E-state index >= 15 is 0 Å². The summed E-state index contributed by atoms with van der Waals surface area (Å²) in [4.78, 5) is 29.8. The van der Waals surface area contributed by atoms with Gasteiger partial charge in [0, 0.05) is 38.0 Å². The highest BCUT2D eigenvalue weighted by Gasteiger charge is 2.25. The van der Waals surface area contributed by atoms with E-state index in [1.165, 1.54) is 4.90 Å². The number of guanidine groups is 1. The lowest BCUT2D eigenvalue weighted by Crippen LogP contribution is -2.46. The Morgan fingerprint density at radius 1 is 1.21 bits per heavy atom. The lowest BCUT2D eigenvalue weighted by molar-refractivity contribution is -0.147. The molecule has 1 aliphatic rings. The summed E-state index contributed by atoms with van der Waals surface area (Å²) >= 11 is 0. The number of piperidine rings is 1. The molecule has 2 amide bonds. The number of nitrogens with one attached hydrogen (secondary N) is 2. The van der Waals surface area contributed by atoms with Gasteiger partial charge < -0.3 is 15.4 Å². The number of rotatable bonds is 9.